The van der Waals surface area contributed by atoms with E-state index in [1.54, 1.807) is 24.3 Å². The van der Waals surface area contributed by atoms with Crippen LogP contribution in [0.2, 0.25) is 5.02 Å². The van der Waals surface area contributed by atoms with Gasteiger partial charge >= 0.3 is 5.63 Å². The van der Waals surface area contributed by atoms with Gasteiger partial charge in [-0.2, -0.15) is 0 Å². The van der Waals surface area contributed by atoms with Crippen molar-refractivity contribution in [1.82, 2.24) is 4.98 Å². The molecule has 0 saturated carbocycles. The summed E-state index contributed by atoms with van der Waals surface area (Å²) >= 11 is 7.35. The summed E-state index contributed by atoms with van der Waals surface area (Å²) in [5.74, 6) is 0. The maximum atomic E-state index is 11.9. The van der Waals surface area contributed by atoms with Crippen LogP contribution in [0.15, 0.2) is 38.9 Å². The number of rotatable bonds is 1. The normalized spacial score (nSPS) is 11.0. The van der Waals surface area contributed by atoms with E-state index in [4.69, 9.17) is 16.0 Å². The molecule has 1 aromatic carbocycles. The number of aromatic nitrogens is 1. The van der Waals surface area contributed by atoms with Gasteiger partial charge in [-0.1, -0.05) is 11.6 Å². The molecule has 0 bridgehead atoms. The molecule has 90 valence electrons. The average molecular weight is 278 g/mol. The highest BCUT2D eigenvalue weighted by Gasteiger charge is 2.11. The largest absolute Gasteiger partial charge is 0.422 e. The Hall–Kier alpha value is -1.65. The van der Waals surface area contributed by atoms with Crippen molar-refractivity contribution in [2.45, 2.75) is 6.92 Å². The summed E-state index contributed by atoms with van der Waals surface area (Å²) in [5, 5.41) is 3.97. The zero-order valence-corrected chi connectivity index (χ0v) is 11.0. The predicted molar refractivity (Wildman–Crippen MR) is 73.3 cm³/mol. The van der Waals surface area contributed by atoms with E-state index in [0.29, 0.717) is 21.2 Å². The van der Waals surface area contributed by atoms with Gasteiger partial charge in [0.1, 0.15) is 10.6 Å². The molecule has 0 atom stereocenters. The van der Waals surface area contributed by atoms with Crippen molar-refractivity contribution < 1.29 is 4.42 Å². The van der Waals surface area contributed by atoms with Crippen LogP contribution in [-0.4, -0.2) is 4.98 Å². The third kappa shape index (κ3) is 1.94. The maximum absolute atomic E-state index is 11.9. The monoisotopic (exact) mass is 277 g/mol. The number of benzene rings is 1. The van der Waals surface area contributed by atoms with Gasteiger partial charge in [0.05, 0.1) is 5.56 Å². The molecule has 0 aliphatic rings. The van der Waals surface area contributed by atoms with E-state index in [1.165, 1.54) is 11.3 Å². The Morgan fingerprint density at radius 2 is 2.17 bits per heavy atom. The van der Waals surface area contributed by atoms with Gasteiger partial charge in [0, 0.05) is 21.5 Å². The highest BCUT2D eigenvalue weighted by molar-refractivity contribution is 7.13. The van der Waals surface area contributed by atoms with Crippen LogP contribution in [0.3, 0.4) is 0 Å². The van der Waals surface area contributed by atoms with Crippen molar-refractivity contribution >= 4 is 33.9 Å². The fraction of sp³-hybridized carbons (Fsp3) is 0.0769. The maximum Gasteiger partial charge on any atom is 0.346 e. The fourth-order valence-corrected chi connectivity index (χ4v) is 2.70. The molecule has 0 fully saturated rings. The van der Waals surface area contributed by atoms with Crippen LogP contribution < -0.4 is 5.63 Å². The van der Waals surface area contributed by atoms with Crippen molar-refractivity contribution in [3.05, 3.63) is 50.8 Å². The highest BCUT2D eigenvalue weighted by atomic mass is 35.5. The molecule has 3 aromatic rings. The van der Waals surface area contributed by atoms with Crippen LogP contribution in [0.5, 0.6) is 0 Å². The lowest BCUT2D eigenvalue weighted by molar-refractivity contribution is 0.563. The second-order valence-electron chi connectivity index (χ2n) is 3.92. The van der Waals surface area contributed by atoms with E-state index >= 15 is 0 Å². The predicted octanol–water partition coefficient (Wildman–Crippen LogP) is 3.88. The molecule has 0 aliphatic carbocycles. The van der Waals surface area contributed by atoms with Gasteiger partial charge in [-0.3, -0.25) is 0 Å². The van der Waals surface area contributed by atoms with Crippen molar-refractivity contribution in [2.75, 3.05) is 0 Å². The fourth-order valence-electron chi connectivity index (χ4n) is 1.72. The molecule has 0 amide bonds. The molecule has 3 nitrogen and oxygen atoms in total. The Kier molecular flexibility index (Phi) is 2.69. The number of fused-ring (bicyclic) bond motifs is 1. The van der Waals surface area contributed by atoms with Crippen LogP contribution in [0, 0.1) is 6.92 Å². The minimum atomic E-state index is -0.376. The van der Waals surface area contributed by atoms with E-state index in [9.17, 15) is 4.79 Å². The first-order chi connectivity index (χ1) is 8.63. The third-order valence-electron chi connectivity index (χ3n) is 2.54. The Morgan fingerprint density at radius 1 is 1.33 bits per heavy atom. The van der Waals surface area contributed by atoms with E-state index < -0.39 is 0 Å². The van der Waals surface area contributed by atoms with Gasteiger partial charge < -0.3 is 4.42 Å². The lowest BCUT2D eigenvalue weighted by Gasteiger charge is -1.99. The van der Waals surface area contributed by atoms with Crippen LogP contribution in [0.25, 0.3) is 21.5 Å². The molecule has 0 N–H and O–H groups in total. The minimum absolute atomic E-state index is 0.376. The molecule has 18 heavy (non-hydrogen) atoms. The van der Waals surface area contributed by atoms with E-state index in [0.717, 1.165) is 11.1 Å². The summed E-state index contributed by atoms with van der Waals surface area (Å²) in [7, 11) is 0. The molecule has 2 heterocycles. The molecule has 3 rings (SSSR count). The number of thiazole rings is 1. The Labute approximate surface area is 112 Å². The first kappa shape index (κ1) is 11.4. The first-order valence-corrected chi connectivity index (χ1v) is 6.55. The molecular weight excluding hydrogens is 270 g/mol. The van der Waals surface area contributed by atoms with Crippen molar-refractivity contribution in [3.63, 3.8) is 0 Å². The Morgan fingerprint density at radius 3 is 2.89 bits per heavy atom. The van der Waals surface area contributed by atoms with Crippen LogP contribution in [0.4, 0.5) is 0 Å². The van der Waals surface area contributed by atoms with Gasteiger partial charge in [0.2, 0.25) is 0 Å². The van der Waals surface area contributed by atoms with Crippen molar-refractivity contribution in [2.24, 2.45) is 0 Å². The van der Waals surface area contributed by atoms with Crippen LogP contribution >= 0.6 is 22.9 Å². The number of hydrogen-bond acceptors (Lipinski definition) is 4. The number of aryl methyl sites for hydroxylation is 1. The second kappa shape index (κ2) is 4.23. The Balaban J connectivity index is 2.29. The van der Waals surface area contributed by atoms with Crippen LogP contribution in [0.1, 0.15) is 5.69 Å². The highest BCUT2D eigenvalue weighted by Crippen LogP contribution is 2.25. The van der Waals surface area contributed by atoms with Crippen molar-refractivity contribution in [1.29, 1.82) is 0 Å². The van der Waals surface area contributed by atoms with Gasteiger partial charge in [0.15, 0.2) is 0 Å². The smallest absolute Gasteiger partial charge is 0.346 e. The standard InChI is InChI=1S/C13H8ClNO2S/c1-7-6-18-12(15-7)10-5-8-4-9(14)2-3-11(8)17-13(10)16/h2-6H,1H3. The molecule has 0 aliphatic heterocycles. The number of hydrogen-bond donors (Lipinski definition) is 0. The van der Waals surface area contributed by atoms with Crippen LogP contribution in [-0.2, 0) is 0 Å². The Bertz CT molecular complexity index is 791. The first-order valence-electron chi connectivity index (χ1n) is 5.29. The molecule has 0 radical (unpaired) electrons. The molecule has 0 saturated heterocycles. The summed E-state index contributed by atoms with van der Waals surface area (Å²) in [4.78, 5) is 16.2. The number of halogens is 1. The lowest BCUT2D eigenvalue weighted by atomic mass is 10.2. The number of nitrogens with zero attached hydrogens (tertiary/aromatic N) is 1. The van der Waals surface area contributed by atoms with Gasteiger partial charge in [-0.15, -0.1) is 11.3 Å². The SMILES string of the molecule is Cc1csc(-c2cc3cc(Cl)ccc3oc2=O)n1. The summed E-state index contributed by atoms with van der Waals surface area (Å²) in [6.45, 7) is 1.89. The van der Waals surface area contributed by atoms with Gasteiger partial charge in [0.25, 0.3) is 0 Å². The summed E-state index contributed by atoms with van der Waals surface area (Å²) in [6, 6.07) is 6.92. The van der Waals surface area contributed by atoms with Crippen molar-refractivity contribution in [3.8, 4) is 10.6 Å². The zero-order valence-electron chi connectivity index (χ0n) is 9.44. The van der Waals surface area contributed by atoms with Gasteiger partial charge in [-0.25, -0.2) is 9.78 Å². The summed E-state index contributed by atoms with van der Waals surface area (Å²) in [6.07, 6.45) is 0. The molecule has 0 unspecified atom stereocenters. The summed E-state index contributed by atoms with van der Waals surface area (Å²) in [5.41, 5.74) is 1.52. The lowest BCUT2D eigenvalue weighted by Crippen LogP contribution is -2.02. The average Bonchev–Trinajstić information content (AvgIpc) is 2.75. The van der Waals surface area contributed by atoms with Gasteiger partial charge in [-0.05, 0) is 31.2 Å². The summed E-state index contributed by atoms with van der Waals surface area (Å²) < 4.78 is 5.26. The molecule has 2 aromatic heterocycles. The molecular formula is C13H8ClNO2S. The molecule has 0 spiro atoms. The second-order valence-corrected chi connectivity index (χ2v) is 5.22. The van der Waals surface area contributed by atoms with E-state index in [-0.39, 0.29) is 5.63 Å². The third-order valence-corrected chi connectivity index (χ3v) is 3.77. The quantitative estimate of drug-likeness (QED) is 0.634. The topological polar surface area (TPSA) is 43.1 Å². The van der Waals surface area contributed by atoms with E-state index in [2.05, 4.69) is 4.98 Å². The minimum Gasteiger partial charge on any atom is -0.422 e. The molecule has 5 heteroatoms. The van der Waals surface area contributed by atoms with E-state index in [1.807, 2.05) is 12.3 Å². The zero-order chi connectivity index (χ0) is 12.7.